The molecule has 0 radical (unpaired) electrons. The first-order valence-corrected chi connectivity index (χ1v) is 5.83. The fraction of sp³-hybridized carbons (Fsp3) is 0.909. The van der Waals surface area contributed by atoms with E-state index in [1.54, 1.807) is 0 Å². The summed E-state index contributed by atoms with van der Waals surface area (Å²) in [6.07, 6.45) is 0. The monoisotopic (exact) mass is 213 g/mol. The van der Waals surface area contributed by atoms with E-state index in [9.17, 15) is 4.79 Å². The summed E-state index contributed by atoms with van der Waals surface area (Å²) in [6.45, 7) is 10.9. The van der Waals surface area contributed by atoms with Crippen LogP contribution in [-0.4, -0.2) is 49.6 Å². The zero-order valence-corrected chi connectivity index (χ0v) is 10.0. The molecule has 0 aromatic carbocycles. The molecule has 1 saturated heterocycles. The number of carbonyl (C=O) groups is 1. The Morgan fingerprint density at radius 1 is 1.33 bits per heavy atom. The average Bonchev–Trinajstić information content (AvgIpc) is 2.26. The van der Waals surface area contributed by atoms with E-state index in [1.807, 2.05) is 6.92 Å². The van der Waals surface area contributed by atoms with Gasteiger partial charge in [-0.15, -0.1) is 0 Å². The molecule has 1 heterocycles. The molecule has 0 spiro atoms. The number of rotatable bonds is 4. The summed E-state index contributed by atoms with van der Waals surface area (Å²) < 4.78 is 0. The largest absolute Gasteiger partial charge is 0.354 e. The third-order valence-corrected chi connectivity index (χ3v) is 2.76. The molecule has 0 aliphatic carbocycles. The minimum Gasteiger partial charge on any atom is -0.354 e. The maximum Gasteiger partial charge on any atom is 0.237 e. The number of hydrogen-bond acceptors (Lipinski definition) is 3. The molecule has 88 valence electrons. The standard InChI is InChI=1S/C11H23N3O/c1-9(2)8-13-11(15)10(3)14-6-4-12-5-7-14/h9-10,12H,4-8H2,1-3H3,(H,13,15). The summed E-state index contributed by atoms with van der Waals surface area (Å²) in [4.78, 5) is 14.0. The second kappa shape index (κ2) is 6.08. The van der Waals surface area contributed by atoms with Crippen molar-refractivity contribution >= 4 is 5.91 Å². The van der Waals surface area contributed by atoms with Gasteiger partial charge in [0.1, 0.15) is 0 Å². The molecule has 0 aromatic rings. The Balaban J connectivity index is 2.30. The molecule has 2 N–H and O–H groups in total. The lowest BCUT2D eigenvalue weighted by molar-refractivity contribution is -0.126. The molecule has 1 rings (SSSR count). The van der Waals surface area contributed by atoms with Crippen LogP contribution in [-0.2, 0) is 4.79 Å². The predicted molar refractivity (Wildman–Crippen MR) is 61.8 cm³/mol. The molecule has 4 nitrogen and oxygen atoms in total. The smallest absolute Gasteiger partial charge is 0.237 e. The van der Waals surface area contributed by atoms with E-state index >= 15 is 0 Å². The second-order valence-corrected chi connectivity index (χ2v) is 4.60. The van der Waals surface area contributed by atoms with Crippen molar-refractivity contribution in [1.82, 2.24) is 15.5 Å². The summed E-state index contributed by atoms with van der Waals surface area (Å²) >= 11 is 0. The minimum atomic E-state index is 0.00542. The van der Waals surface area contributed by atoms with Gasteiger partial charge in [-0.25, -0.2) is 0 Å². The van der Waals surface area contributed by atoms with Crippen molar-refractivity contribution in [2.75, 3.05) is 32.7 Å². The molecule has 4 heteroatoms. The number of nitrogens with zero attached hydrogens (tertiary/aromatic N) is 1. The molecular weight excluding hydrogens is 190 g/mol. The van der Waals surface area contributed by atoms with Gasteiger partial charge in [0.25, 0.3) is 0 Å². The molecular formula is C11H23N3O. The highest BCUT2D eigenvalue weighted by Crippen LogP contribution is 2.01. The SMILES string of the molecule is CC(C)CNC(=O)C(C)N1CCNCC1. The van der Waals surface area contributed by atoms with E-state index in [0.717, 1.165) is 32.7 Å². The van der Waals surface area contributed by atoms with Crippen LogP contribution in [0.1, 0.15) is 20.8 Å². The van der Waals surface area contributed by atoms with Crippen molar-refractivity contribution in [3.63, 3.8) is 0 Å². The predicted octanol–water partition coefficient (Wildman–Crippen LogP) is 0.0523. The molecule has 1 amide bonds. The van der Waals surface area contributed by atoms with Crippen molar-refractivity contribution < 1.29 is 4.79 Å². The zero-order valence-electron chi connectivity index (χ0n) is 10.0. The number of piperazine rings is 1. The number of carbonyl (C=O) groups excluding carboxylic acids is 1. The normalized spacial score (nSPS) is 20.3. The van der Waals surface area contributed by atoms with Gasteiger partial charge in [-0.3, -0.25) is 9.69 Å². The molecule has 1 aliphatic rings. The molecule has 15 heavy (non-hydrogen) atoms. The highest BCUT2D eigenvalue weighted by molar-refractivity contribution is 5.81. The third-order valence-electron chi connectivity index (χ3n) is 2.76. The van der Waals surface area contributed by atoms with Crippen molar-refractivity contribution in [3.8, 4) is 0 Å². The van der Waals surface area contributed by atoms with Gasteiger partial charge >= 0.3 is 0 Å². The summed E-state index contributed by atoms with van der Waals surface area (Å²) in [5.74, 6) is 0.676. The Morgan fingerprint density at radius 2 is 1.93 bits per heavy atom. The summed E-state index contributed by atoms with van der Waals surface area (Å²) in [7, 11) is 0. The fourth-order valence-electron chi connectivity index (χ4n) is 1.69. The van der Waals surface area contributed by atoms with E-state index < -0.39 is 0 Å². The average molecular weight is 213 g/mol. The molecule has 1 atom stereocenters. The van der Waals surface area contributed by atoms with Crippen LogP contribution in [0.3, 0.4) is 0 Å². The fourth-order valence-corrected chi connectivity index (χ4v) is 1.69. The molecule has 1 unspecified atom stereocenters. The lowest BCUT2D eigenvalue weighted by atomic mass is 10.2. The van der Waals surface area contributed by atoms with Gasteiger partial charge in [0.15, 0.2) is 0 Å². The summed E-state index contributed by atoms with van der Waals surface area (Å²) in [6, 6.07) is 0.00542. The summed E-state index contributed by atoms with van der Waals surface area (Å²) in [5.41, 5.74) is 0. The van der Waals surface area contributed by atoms with E-state index in [-0.39, 0.29) is 11.9 Å². The molecule has 0 saturated carbocycles. The van der Waals surface area contributed by atoms with Gasteiger partial charge in [-0.05, 0) is 12.8 Å². The van der Waals surface area contributed by atoms with E-state index in [1.165, 1.54) is 0 Å². The van der Waals surface area contributed by atoms with Crippen molar-refractivity contribution in [2.24, 2.45) is 5.92 Å². The van der Waals surface area contributed by atoms with E-state index in [4.69, 9.17) is 0 Å². The molecule has 0 aromatic heterocycles. The van der Waals surface area contributed by atoms with Crippen LogP contribution in [0.4, 0.5) is 0 Å². The van der Waals surface area contributed by atoms with Gasteiger partial charge in [0.2, 0.25) is 5.91 Å². The second-order valence-electron chi connectivity index (χ2n) is 4.60. The maximum atomic E-state index is 11.8. The summed E-state index contributed by atoms with van der Waals surface area (Å²) in [5, 5.41) is 6.26. The topological polar surface area (TPSA) is 44.4 Å². The van der Waals surface area contributed by atoms with Crippen LogP contribution in [0.25, 0.3) is 0 Å². The van der Waals surface area contributed by atoms with Gasteiger partial charge in [-0.2, -0.15) is 0 Å². The lowest BCUT2D eigenvalue weighted by Crippen LogP contribution is -2.53. The molecule has 1 aliphatic heterocycles. The van der Waals surface area contributed by atoms with Crippen LogP contribution in [0.2, 0.25) is 0 Å². The van der Waals surface area contributed by atoms with E-state index in [2.05, 4.69) is 29.4 Å². The van der Waals surface area contributed by atoms with Crippen LogP contribution in [0.15, 0.2) is 0 Å². The first-order valence-electron chi connectivity index (χ1n) is 5.83. The Kier molecular flexibility index (Phi) is 5.05. The van der Waals surface area contributed by atoms with Crippen LogP contribution >= 0.6 is 0 Å². The Morgan fingerprint density at radius 3 is 2.47 bits per heavy atom. The van der Waals surface area contributed by atoms with E-state index in [0.29, 0.717) is 5.92 Å². The first kappa shape index (κ1) is 12.5. The van der Waals surface area contributed by atoms with Crippen molar-refractivity contribution in [2.45, 2.75) is 26.8 Å². The highest BCUT2D eigenvalue weighted by Gasteiger charge is 2.22. The Hall–Kier alpha value is -0.610. The van der Waals surface area contributed by atoms with Crippen LogP contribution < -0.4 is 10.6 Å². The highest BCUT2D eigenvalue weighted by atomic mass is 16.2. The van der Waals surface area contributed by atoms with Crippen LogP contribution in [0.5, 0.6) is 0 Å². The van der Waals surface area contributed by atoms with Crippen molar-refractivity contribution in [1.29, 1.82) is 0 Å². The molecule has 0 bridgehead atoms. The van der Waals surface area contributed by atoms with Gasteiger partial charge in [-0.1, -0.05) is 13.8 Å². The number of hydrogen-bond donors (Lipinski definition) is 2. The lowest BCUT2D eigenvalue weighted by Gasteiger charge is -2.31. The first-order chi connectivity index (χ1) is 7.11. The molecule has 1 fully saturated rings. The van der Waals surface area contributed by atoms with Crippen LogP contribution in [0, 0.1) is 5.92 Å². The van der Waals surface area contributed by atoms with Gasteiger partial charge < -0.3 is 10.6 Å². The quantitative estimate of drug-likeness (QED) is 0.694. The van der Waals surface area contributed by atoms with Gasteiger partial charge in [0.05, 0.1) is 6.04 Å². The zero-order chi connectivity index (χ0) is 11.3. The van der Waals surface area contributed by atoms with Gasteiger partial charge in [0, 0.05) is 32.7 Å². The minimum absolute atomic E-state index is 0.00542. The Labute approximate surface area is 92.4 Å². The van der Waals surface area contributed by atoms with Crippen molar-refractivity contribution in [3.05, 3.63) is 0 Å². The number of nitrogens with one attached hydrogen (secondary N) is 2. The Bertz CT molecular complexity index is 200. The number of amides is 1. The third kappa shape index (κ3) is 4.18. The maximum absolute atomic E-state index is 11.8.